The van der Waals surface area contributed by atoms with Gasteiger partial charge in [-0.15, -0.1) is 0 Å². The van der Waals surface area contributed by atoms with Crippen LogP contribution in [0, 0.1) is 5.92 Å². The molecule has 4 nitrogen and oxygen atoms in total. The Morgan fingerprint density at radius 1 is 1.32 bits per heavy atom. The van der Waals surface area contributed by atoms with Crippen LogP contribution in [0.15, 0.2) is 30.3 Å². The Balaban J connectivity index is 2.15. The molecule has 7 heteroatoms. The highest BCUT2D eigenvalue weighted by Gasteiger charge is 2.46. The molecule has 3 atom stereocenters. The zero-order chi connectivity index (χ0) is 16.5. The van der Waals surface area contributed by atoms with E-state index in [0.29, 0.717) is 5.56 Å². The first-order valence-corrected chi connectivity index (χ1v) is 6.86. The highest BCUT2D eigenvalue weighted by Crippen LogP contribution is 2.34. The summed E-state index contributed by atoms with van der Waals surface area (Å²) < 4.78 is 42.4. The number of hydrogen-bond donors (Lipinski definition) is 0. The van der Waals surface area contributed by atoms with Crippen molar-refractivity contribution in [3.8, 4) is 0 Å². The van der Waals surface area contributed by atoms with E-state index in [9.17, 15) is 22.8 Å². The van der Waals surface area contributed by atoms with Crippen LogP contribution < -0.4 is 0 Å². The number of cyclic esters (lactones) is 1. The van der Waals surface area contributed by atoms with E-state index in [-0.39, 0.29) is 0 Å². The maximum atomic E-state index is 12.4. The van der Waals surface area contributed by atoms with E-state index in [4.69, 9.17) is 4.74 Å². The number of carbonyl (C=O) groups is 2. The van der Waals surface area contributed by atoms with E-state index in [1.54, 1.807) is 37.3 Å². The van der Waals surface area contributed by atoms with E-state index >= 15 is 0 Å². The Morgan fingerprint density at radius 2 is 1.91 bits per heavy atom. The number of hydrogen-bond acceptors (Lipinski definition) is 3. The number of alkyl halides is 3. The SMILES string of the molecule is C[C@H](CC(F)(F)F)C(=O)N1C(=O)O[C@@H](c2ccccc2)[C@H]1C. The van der Waals surface area contributed by atoms with Crippen molar-refractivity contribution < 1.29 is 27.5 Å². The molecule has 1 aromatic rings. The number of rotatable bonds is 3. The van der Waals surface area contributed by atoms with Gasteiger partial charge in [-0.05, 0) is 12.5 Å². The van der Waals surface area contributed by atoms with Gasteiger partial charge in [-0.25, -0.2) is 9.69 Å². The number of amides is 2. The molecule has 2 rings (SSSR count). The summed E-state index contributed by atoms with van der Waals surface area (Å²) in [6.07, 6.45) is -7.30. The van der Waals surface area contributed by atoms with Crippen LogP contribution in [0.3, 0.4) is 0 Å². The second-order valence-corrected chi connectivity index (χ2v) is 5.38. The molecule has 1 aliphatic rings. The minimum absolute atomic E-state index is 0.655. The highest BCUT2D eigenvalue weighted by atomic mass is 19.4. The Labute approximate surface area is 125 Å². The van der Waals surface area contributed by atoms with Gasteiger partial charge >= 0.3 is 12.3 Å². The van der Waals surface area contributed by atoms with E-state index in [0.717, 1.165) is 11.8 Å². The first-order valence-electron chi connectivity index (χ1n) is 6.86. The Bertz CT molecular complexity index is 559. The molecular weight excluding hydrogens is 299 g/mol. The molecule has 22 heavy (non-hydrogen) atoms. The summed E-state index contributed by atoms with van der Waals surface area (Å²) >= 11 is 0. The second kappa shape index (κ2) is 5.98. The van der Waals surface area contributed by atoms with Gasteiger partial charge in [0.05, 0.1) is 12.5 Å². The summed E-state index contributed by atoms with van der Waals surface area (Å²) in [7, 11) is 0. The molecule has 1 saturated heterocycles. The Hall–Kier alpha value is -2.05. The van der Waals surface area contributed by atoms with Gasteiger partial charge < -0.3 is 4.74 Å². The van der Waals surface area contributed by atoms with Crippen molar-refractivity contribution in [2.45, 2.75) is 38.6 Å². The summed E-state index contributed by atoms with van der Waals surface area (Å²) in [4.78, 5) is 24.8. The maximum Gasteiger partial charge on any atom is 0.417 e. The molecule has 0 N–H and O–H groups in total. The van der Waals surface area contributed by atoms with Gasteiger partial charge in [0.2, 0.25) is 5.91 Å². The van der Waals surface area contributed by atoms with Crippen molar-refractivity contribution >= 4 is 12.0 Å². The standard InChI is InChI=1S/C15H16F3NO3/c1-9(8-15(16,17)18)13(20)19-10(2)12(22-14(19)21)11-6-4-3-5-7-11/h3-7,9-10,12H,8H2,1-2H3/t9-,10-,12-/m1/s1. The molecular formula is C15H16F3NO3. The second-order valence-electron chi connectivity index (χ2n) is 5.38. The lowest BCUT2D eigenvalue weighted by atomic mass is 10.0. The third-order valence-electron chi connectivity index (χ3n) is 3.59. The molecule has 2 amide bonds. The van der Waals surface area contributed by atoms with Gasteiger partial charge in [-0.1, -0.05) is 37.3 Å². The number of carbonyl (C=O) groups excluding carboxylic acids is 2. The van der Waals surface area contributed by atoms with E-state index in [2.05, 4.69) is 0 Å². The van der Waals surface area contributed by atoms with Gasteiger partial charge in [0.1, 0.15) is 6.10 Å². The summed E-state index contributed by atoms with van der Waals surface area (Å²) in [6, 6.07) is 8.12. The monoisotopic (exact) mass is 315 g/mol. The number of benzene rings is 1. The quantitative estimate of drug-likeness (QED) is 0.855. The lowest BCUT2D eigenvalue weighted by Crippen LogP contribution is -2.42. The predicted molar refractivity (Wildman–Crippen MR) is 71.8 cm³/mol. The smallest absolute Gasteiger partial charge is 0.417 e. The Kier molecular flexibility index (Phi) is 4.44. The van der Waals surface area contributed by atoms with Gasteiger partial charge in [0.25, 0.3) is 0 Å². The summed E-state index contributed by atoms with van der Waals surface area (Å²) in [5, 5.41) is 0. The van der Waals surface area contributed by atoms with Crippen LogP contribution in [-0.2, 0) is 9.53 Å². The zero-order valence-corrected chi connectivity index (χ0v) is 12.1. The average molecular weight is 315 g/mol. The van der Waals surface area contributed by atoms with Crippen LogP contribution >= 0.6 is 0 Å². The topological polar surface area (TPSA) is 46.6 Å². The van der Waals surface area contributed by atoms with Crippen molar-refractivity contribution in [3.05, 3.63) is 35.9 Å². The Morgan fingerprint density at radius 3 is 2.45 bits per heavy atom. The van der Waals surface area contributed by atoms with Crippen molar-refractivity contribution in [1.82, 2.24) is 4.90 Å². The first-order chi connectivity index (χ1) is 10.2. The van der Waals surface area contributed by atoms with Crippen LogP contribution in [0.25, 0.3) is 0 Å². The molecule has 120 valence electrons. The van der Waals surface area contributed by atoms with Gasteiger partial charge in [0, 0.05) is 5.92 Å². The van der Waals surface area contributed by atoms with E-state index < -0.39 is 42.7 Å². The van der Waals surface area contributed by atoms with Crippen LogP contribution in [0.1, 0.15) is 31.9 Å². The fraction of sp³-hybridized carbons (Fsp3) is 0.467. The molecule has 0 radical (unpaired) electrons. The number of imide groups is 1. The lowest BCUT2D eigenvalue weighted by Gasteiger charge is -2.23. The van der Waals surface area contributed by atoms with E-state index in [1.807, 2.05) is 0 Å². The molecule has 1 aromatic carbocycles. The van der Waals surface area contributed by atoms with Gasteiger partial charge in [-0.2, -0.15) is 13.2 Å². The van der Waals surface area contributed by atoms with Gasteiger partial charge in [-0.3, -0.25) is 4.79 Å². The molecule has 1 heterocycles. The summed E-state index contributed by atoms with van der Waals surface area (Å²) in [6.45, 7) is 2.74. The molecule has 1 fully saturated rings. The fourth-order valence-corrected chi connectivity index (χ4v) is 2.52. The molecule has 0 saturated carbocycles. The maximum absolute atomic E-state index is 12.4. The lowest BCUT2D eigenvalue weighted by molar-refractivity contribution is -0.157. The minimum atomic E-state index is -4.46. The molecule has 0 unspecified atom stereocenters. The third-order valence-corrected chi connectivity index (χ3v) is 3.59. The van der Waals surface area contributed by atoms with Crippen LogP contribution in [0.5, 0.6) is 0 Å². The van der Waals surface area contributed by atoms with Crippen molar-refractivity contribution in [2.24, 2.45) is 5.92 Å². The summed E-state index contributed by atoms with van der Waals surface area (Å²) in [5.41, 5.74) is 0.696. The molecule has 0 bridgehead atoms. The number of ether oxygens (including phenoxy) is 1. The third kappa shape index (κ3) is 3.40. The van der Waals surface area contributed by atoms with Crippen LogP contribution in [0.4, 0.5) is 18.0 Å². The van der Waals surface area contributed by atoms with E-state index in [1.165, 1.54) is 0 Å². The number of nitrogens with zero attached hydrogens (tertiary/aromatic N) is 1. The fourth-order valence-electron chi connectivity index (χ4n) is 2.52. The highest BCUT2D eigenvalue weighted by molar-refractivity contribution is 5.94. The van der Waals surface area contributed by atoms with Crippen molar-refractivity contribution in [1.29, 1.82) is 0 Å². The predicted octanol–water partition coefficient (Wildman–Crippen LogP) is 3.68. The number of halogens is 3. The van der Waals surface area contributed by atoms with Crippen molar-refractivity contribution in [3.63, 3.8) is 0 Å². The zero-order valence-electron chi connectivity index (χ0n) is 12.1. The largest absolute Gasteiger partial charge is 0.439 e. The van der Waals surface area contributed by atoms with Gasteiger partial charge in [0.15, 0.2) is 0 Å². The average Bonchev–Trinajstić information content (AvgIpc) is 2.72. The summed E-state index contributed by atoms with van der Waals surface area (Å²) in [5.74, 6) is -2.20. The first kappa shape index (κ1) is 16.3. The van der Waals surface area contributed by atoms with Crippen LogP contribution in [0.2, 0.25) is 0 Å². The minimum Gasteiger partial charge on any atom is -0.439 e. The molecule has 1 aliphatic heterocycles. The molecule has 0 spiro atoms. The normalized spacial score (nSPS) is 23.3. The molecule has 0 aliphatic carbocycles. The molecule has 0 aromatic heterocycles. The van der Waals surface area contributed by atoms with Crippen LogP contribution in [-0.4, -0.2) is 29.1 Å². The van der Waals surface area contributed by atoms with Crippen molar-refractivity contribution in [2.75, 3.05) is 0 Å².